The molecule has 3 heteroatoms. The van der Waals surface area contributed by atoms with Crippen LogP contribution in [-0.4, -0.2) is 6.10 Å². The lowest BCUT2D eigenvalue weighted by Gasteiger charge is -2.24. The van der Waals surface area contributed by atoms with Crippen LogP contribution in [0.5, 0.6) is 5.75 Å². The van der Waals surface area contributed by atoms with E-state index in [1.54, 1.807) is 0 Å². The van der Waals surface area contributed by atoms with E-state index in [-0.39, 0.29) is 0 Å². The number of hydrogen-bond donors (Lipinski definition) is 1. The van der Waals surface area contributed by atoms with Gasteiger partial charge in [-0.3, -0.25) is 0 Å². The Morgan fingerprint density at radius 3 is 2.69 bits per heavy atom. The summed E-state index contributed by atoms with van der Waals surface area (Å²) in [4.78, 5) is 0. The summed E-state index contributed by atoms with van der Waals surface area (Å²) >= 11 is 3.47. The maximum atomic E-state index is 6.05. The maximum Gasteiger partial charge on any atom is 0.125 e. The van der Waals surface area contributed by atoms with Crippen LogP contribution in [-0.2, 0) is 6.54 Å². The van der Waals surface area contributed by atoms with E-state index in [4.69, 9.17) is 10.5 Å². The van der Waals surface area contributed by atoms with Crippen LogP contribution in [0, 0.1) is 0 Å². The Morgan fingerprint density at radius 1 is 1.25 bits per heavy atom. The van der Waals surface area contributed by atoms with Crippen molar-refractivity contribution >= 4 is 15.9 Å². The van der Waals surface area contributed by atoms with E-state index < -0.39 is 0 Å². The SMILES string of the molecule is NCc1ccc(Br)cc1OC1CCCCC1. The molecule has 0 spiro atoms. The molecule has 1 aliphatic carbocycles. The minimum absolute atomic E-state index is 0.383. The highest BCUT2D eigenvalue weighted by molar-refractivity contribution is 9.10. The summed E-state index contributed by atoms with van der Waals surface area (Å²) in [7, 11) is 0. The molecule has 1 fully saturated rings. The Kier molecular flexibility index (Phi) is 4.24. The van der Waals surface area contributed by atoms with Crippen molar-refractivity contribution in [2.45, 2.75) is 44.8 Å². The number of benzene rings is 1. The maximum absolute atomic E-state index is 6.05. The molecule has 0 aliphatic heterocycles. The number of rotatable bonds is 3. The highest BCUT2D eigenvalue weighted by atomic mass is 79.9. The molecular weight excluding hydrogens is 266 g/mol. The van der Waals surface area contributed by atoms with Gasteiger partial charge in [-0.25, -0.2) is 0 Å². The van der Waals surface area contributed by atoms with Gasteiger partial charge in [-0.2, -0.15) is 0 Å². The highest BCUT2D eigenvalue weighted by Crippen LogP contribution is 2.28. The van der Waals surface area contributed by atoms with E-state index in [9.17, 15) is 0 Å². The molecule has 0 amide bonds. The van der Waals surface area contributed by atoms with Crippen LogP contribution in [0.2, 0.25) is 0 Å². The molecule has 1 aliphatic rings. The highest BCUT2D eigenvalue weighted by Gasteiger charge is 2.16. The molecule has 1 saturated carbocycles. The summed E-state index contributed by atoms with van der Waals surface area (Å²) in [5.41, 5.74) is 6.80. The van der Waals surface area contributed by atoms with Crippen LogP contribution >= 0.6 is 15.9 Å². The predicted octanol–water partition coefficient (Wildman–Crippen LogP) is 3.62. The number of halogens is 1. The molecule has 2 N–H and O–H groups in total. The fourth-order valence-corrected chi connectivity index (χ4v) is 2.51. The van der Waals surface area contributed by atoms with Gasteiger partial charge in [0.05, 0.1) is 6.10 Å². The predicted molar refractivity (Wildman–Crippen MR) is 69.5 cm³/mol. The van der Waals surface area contributed by atoms with E-state index in [1.807, 2.05) is 18.2 Å². The minimum Gasteiger partial charge on any atom is -0.490 e. The van der Waals surface area contributed by atoms with Crippen LogP contribution in [0.1, 0.15) is 37.7 Å². The van der Waals surface area contributed by atoms with Crippen molar-refractivity contribution in [2.24, 2.45) is 5.73 Å². The zero-order valence-corrected chi connectivity index (χ0v) is 11.0. The minimum atomic E-state index is 0.383. The van der Waals surface area contributed by atoms with Gasteiger partial charge < -0.3 is 10.5 Å². The van der Waals surface area contributed by atoms with Gasteiger partial charge in [0.25, 0.3) is 0 Å². The first-order chi connectivity index (χ1) is 7.79. The quantitative estimate of drug-likeness (QED) is 0.920. The molecular formula is C13H18BrNO. The third kappa shape index (κ3) is 2.98. The summed E-state index contributed by atoms with van der Waals surface area (Å²) in [6.45, 7) is 0.537. The Bertz CT molecular complexity index is 348. The Morgan fingerprint density at radius 2 is 2.00 bits per heavy atom. The van der Waals surface area contributed by atoms with Gasteiger partial charge >= 0.3 is 0 Å². The molecule has 2 rings (SSSR count). The Labute approximate surface area is 105 Å². The van der Waals surface area contributed by atoms with Crippen LogP contribution < -0.4 is 10.5 Å². The van der Waals surface area contributed by atoms with Gasteiger partial charge in [0, 0.05) is 16.6 Å². The smallest absolute Gasteiger partial charge is 0.125 e. The van der Waals surface area contributed by atoms with Crippen LogP contribution in [0.3, 0.4) is 0 Å². The van der Waals surface area contributed by atoms with Crippen molar-refractivity contribution in [3.8, 4) is 5.75 Å². The average molecular weight is 284 g/mol. The van der Waals surface area contributed by atoms with Gasteiger partial charge in [-0.1, -0.05) is 28.4 Å². The molecule has 0 radical (unpaired) electrons. The van der Waals surface area contributed by atoms with Crippen LogP contribution in [0.25, 0.3) is 0 Å². The molecule has 16 heavy (non-hydrogen) atoms. The van der Waals surface area contributed by atoms with E-state index in [1.165, 1.54) is 32.1 Å². The Hall–Kier alpha value is -0.540. The number of ether oxygens (including phenoxy) is 1. The summed E-state index contributed by atoms with van der Waals surface area (Å²) in [5.74, 6) is 0.948. The van der Waals surface area contributed by atoms with E-state index in [0.29, 0.717) is 12.6 Å². The fraction of sp³-hybridized carbons (Fsp3) is 0.538. The lowest BCUT2D eigenvalue weighted by Crippen LogP contribution is -2.20. The first-order valence-corrected chi connectivity index (χ1v) is 6.74. The largest absolute Gasteiger partial charge is 0.490 e. The molecule has 0 bridgehead atoms. The Balaban J connectivity index is 2.09. The second kappa shape index (κ2) is 5.69. The van der Waals surface area contributed by atoms with Gasteiger partial charge in [0.1, 0.15) is 5.75 Å². The molecule has 0 unspecified atom stereocenters. The van der Waals surface area contributed by atoms with Crippen molar-refractivity contribution in [1.82, 2.24) is 0 Å². The van der Waals surface area contributed by atoms with E-state index in [0.717, 1.165) is 15.8 Å². The van der Waals surface area contributed by atoms with Crippen molar-refractivity contribution < 1.29 is 4.74 Å². The summed E-state index contributed by atoms with van der Waals surface area (Å²) in [6, 6.07) is 6.06. The van der Waals surface area contributed by atoms with Crippen molar-refractivity contribution in [1.29, 1.82) is 0 Å². The van der Waals surface area contributed by atoms with Gasteiger partial charge in [0.2, 0.25) is 0 Å². The second-order valence-corrected chi connectivity index (χ2v) is 5.25. The summed E-state index contributed by atoms with van der Waals surface area (Å²) in [5, 5.41) is 0. The topological polar surface area (TPSA) is 35.2 Å². The molecule has 0 heterocycles. The van der Waals surface area contributed by atoms with Crippen molar-refractivity contribution in [2.75, 3.05) is 0 Å². The zero-order valence-electron chi connectivity index (χ0n) is 9.42. The molecule has 0 saturated heterocycles. The summed E-state index contributed by atoms with van der Waals surface area (Å²) in [6.07, 6.45) is 6.66. The average Bonchev–Trinajstić information content (AvgIpc) is 2.31. The monoisotopic (exact) mass is 283 g/mol. The molecule has 88 valence electrons. The normalized spacial score (nSPS) is 17.4. The second-order valence-electron chi connectivity index (χ2n) is 4.33. The van der Waals surface area contributed by atoms with Crippen LogP contribution in [0.15, 0.2) is 22.7 Å². The summed E-state index contributed by atoms with van der Waals surface area (Å²) < 4.78 is 7.10. The molecule has 1 aromatic rings. The zero-order chi connectivity index (χ0) is 11.4. The first kappa shape index (κ1) is 11.9. The fourth-order valence-electron chi connectivity index (χ4n) is 2.17. The third-order valence-electron chi connectivity index (χ3n) is 3.09. The third-order valence-corrected chi connectivity index (χ3v) is 3.59. The van der Waals surface area contributed by atoms with Crippen molar-refractivity contribution in [3.63, 3.8) is 0 Å². The van der Waals surface area contributed by atoms with E-state index in [2.05, 4.69) is 15.9 Å². The first-order valence-electron chi connectivity index (χ1n) is 5.95. The molecule has 1 aromatic carbocycles. The van der Waals surface area contributed by atoms with Gasteiger partial charge in [0.15, 0.2) is 0 Å². The standard InChI is InChI=1S/C13H18BrNO/c14-11-7-6-10(9-15)13(8-11)16-12-4-2-1-3-5-12/h6-8,12H,1-5,9,15H2. The van der Waals surface area contributed by atoms with Gasteiger partial charge in [-0.15, -0.1) is 0 Å². The van der Waals surface area contributed by atoms with Crippen LogP contribution in [0.4, 0.5) is 0 Å². The van der Waals surface area contributed by atoms with E-state index >= 15 is 0 Å². The number of hydrogen-bond acceptors (Lipinski definition) is 2. The molecule has 0 atom stereocenters. The lowest BCUT2D eigenvalue weighted by molar-refractivity contribution is 0.153. The van der Waals surface area contributed by atoms with Crippen molar-refractivity contribution in [3.05, 3.63) is 28.2 Å². The number of nitrogens with two attached hydrogens (primary N) is 1. The van der Waals surface area contributed by atoms with Gasteiger partial charge in [-0.05, 0) is 37.8 Å². The molecule has 2 nitrogen and oxygen atoms in total. The molecule has 0 aromatic heterocycles. The lowest BCUT2D eigenvalue weighted by atomic mass is 9.97.